The van der Waals surface area contributed by atoms with Crippen molar-refractivity contribution in [2.24, 2.45) is 0 Å². The van der Waals surface area contributed by atoms with E-state index in [9.17, 15) is 9.18 Å². The van der Waals surface area contributed by atoms with E-state index in [0.717, 1.165) is 4.88 Å². The number of carbonyl (C=O) groups is 1. The molecule has 3 aromatic rings. The smallest absolute Gasteiger partial charge is 0.341 e. The molecule has 0 saturated carbocycles. The van der Waals surface area contributed by atoms with Crippen LogP contribution in [0.25, 0.3) is 10.8 Å². The van der Waals surface area contributed by atoms with Gasteiger partial charge in [-0.05, 0) is 23.6 Å². The van der Waals surface area contributed by atoms with Crippen molar-refractivity contribution in [3.05, 3.63) is 65.1 Å². The van der Waals surface area contributed by atoms with Gasteiger partial charge in [0.25, 0.3) is 0 Å². The number of hydrogen-bond acceptors (Lipinski definition) is 5. The van der Waals surface area contributed by atoms with E-state index in [4.69, 9.17) is 9.15 Å². The van der Waals surface area contributed by atoms with E-state index in [2.05, 4.69) is 4.98 Å². The summed E-state index contributed by atoms with van der Waals surface area (Å²) in [4.78, 5) is 16.9. The Kier molecular flexibility index (Phi) is 3.79. The maximum absolute atomic E-state index is 13.4. The maximum Gasteiger partial charge on any atom is 0.341 e. The third kappa shape index (κ3) is 3.00. The highest BCUT2D eigenvalue weighted by molar-refractivity contribution is 7.13. The Morgan fingerprint density at radius 2 is 2.14 bits per heavy atom. The van der Waals surface area contributed by atoms with Crippen molar-refractivity contribution < 1.29 is 18.3 Å². The number of ether oxygens (including phenoxy) is 1. The highest BCUT2D eigenvalue weighted by atomic mass is 32.1. The van der Waals surface area contributed by atoms with Crippen LogP contribution in [0.4, 0.5) is 4.39 Å². The van der Waals surface area contributed by atoms with Crippen LogP contribution in [0.1, 0.15) is 16.1 Å². The zero-order valence-corrected chi connectivity index (χ0v) is 11.6. The molecule has 0 N–H and O–H groups in total. The Bertz CT molecular complexity index is 752. The molecular weight excluding hydrogens is 293 g/mol. The fraction of sp³-hybridized carbons (Fsp3) is 0.0667. The molecule has 0 bridgehead atoms. The third-order valence-corrected chi connectivity index (χ3v) is 3.59. The van der Waals surface area contributed by atoms with Crippen LogP contribution in [0.3, 0.4) is 0 Å². The van der Waals surface area contributed by atoms with Gasteiger partial charge in [-0.15, -0.1) is 11.3 Å². The van der Waals surface area contributed by atoms with Gasteiger partial charge in [-0.25, -0.2) is 14.2 Å². The Morgan fingerprint density at radius 3 is 2.90 bits per heavy atom. The van der Waals surface area contributed by atoms with Crippen molar-refractivity contribution >= 4 is 17.3 Å². The van der Waals surface area contributed by atoms with Gasteiger partial charge in [0.05, 0.1) is 10.4 Å². The van der Waals surface area contributed by atoms with Gasteiger partial charge in [-0.1, -0.05) is 18.2 Å². The van der Waals surface area contributed by atoms with Crippen LogP contribution >= 0.6 is 11.3 Å². The molecule has 0 aliphatic rings. The lowest BCUT2D eigenvalue weighted by Gasteiger charge is -2.03. The fourth-order valence-corrected chi connectivity index (χ4v) is 2.39. The average molecular weight is 303 g/mol. The van der Waals surface area contributed by atoms with Gasteiger partial charge in [-0.2, -0.15) is 0 Å². The Hall–Kier alpha value is -2.47. The molecular formula is C15H10FNO3S. The number of hydrogen-bond donors (Lipinski definition) is 0. The van der Waals surface area contributed by atoms with Crippen LogP contribution < -0.4 is 0 Å². The van der Waals surface area contributed by atoms with Crippen LogP contribution in [-0.2, 0) is 11.3 Å². The van der Waals surface area contributed by atoms with Gasteiger partial charge in [0.1, 0.15) is 24.4 Å². The van der Waals surface area contributed by atoms with Crippen LogP contribution in [-0.4, -0.2) is 11.0 Å². The second-order valence-electron chi connectivity index (χ2n) is 4.18. The number of benzene rings is 1. The molecule has 0 fully saturated rings. The lowest BCUT2D eigenvalue weighted by Crippen LogP contribution is -2.07. The number of halogens is 1. The first-order valence-corrected chi connectivity index (χ1v) is 7.02. The molecule has 3 rings (SSSR count). The number of carbonyl (C=O) groups excluding carboxylic acids is 1. The summed E-state index contributed by atoms with van der Waals surface area (Å²) in [6, 6.07) is 9.44. The first-order chi connectivity index (χ1) is 10.2. The summed E-state index contributed by atoms with van der Waals surface area (Å²) >= 11 is 1.50. The highest BCUT2D eigenvalue weighted by Crippen LogP contribution is 2.23. The normalized spacial score (nSPS) is 10.5. The van der Waals surface area contributed by atoms with Crippen molar-refractivity contribution in [3.63, 3.8) is 0 Å². The largest absolute Gasteiger partial charge is 0.455 e. The zero-order valence-electron chi connectivity index (χ0n) is 10.8. The summed E-state index contributed by atoms with van der Waals surface area (Å²) in [5, 5.41) is 1.91. The molecule has 1 aromatic carbocycles. The van der Waals surface area contributed by atoms with Gasteiger partial charge in [0.2, 0.25) is 5.89 Å². The van der Waals surface area contributed by atoms with Gasteiger partial charge >= 0.3 is 5.97 Å². The second-order valence-corrected chi connectivity index (χ2v) is 5.12. The van der Waals surface area contributed by atoms with Gasteiger partial charge in [0.15, 0.2) is 0 Å². The first-order valence-electron chi connectivity index (χ1n) is 6.14. The monoisotopic (exact) mass is 303 g/mol. The molecule has 0 aliphatic carbocycles. The molecule has 0 spiro atoms. The van der Waals surface area contributed by atoms with E-state index >= 15 is 0 Å². The summed E-state index contributed by atoms with van der Waals surface area (Å²) in [7, 11) is 0. The van der Waals surface area contributed by atoms with Crippen molar-refractivity contribution in [2.75, 3.05) is 0 Å². The average Bonchev–Trinajstić information content (AvgIpc) is 3.16. The number of esters is 1. The molecule has 6 heteroatoms. The zero-order chi connectivity index (χ0) is 14.7. The minimum absolute atomic E-state index is 0.0674. The van der Waals surface area contributed by atoms with Crippen LogP contribution in [0, 0.1) is 5.82 Å². The molecule has 0 aliphatic heterocycles. The molecule has 106 valence electrons. The Morgan fingerprint density at radius 1 is 1.29 bits per heavy atom. The van der Waals surface area contributed by atoms with Crippen LogP contribution in [0.15, 0.2) is 52.5 Å². The number of oxazole rings is 1. The first kappa shape index (κ1) is 13.5. The standard InChI is InChI=1S/C15H10FNO3S/c16-12-5-2-1-4-11(12)15(18)20-9-10-8-19-14(17-10)13-6-3-7-21-13/h1-8H,9H2. The van der Waals surface area contributed by atoms with E-state index in [1.165, 1.54) is 35.8 Å². The number of nitrogens with zero attached hydrogens (tertiary/aromatic N) is 1. The molecule has 0 atom stereocenters. The molecule has 4 nitrogen and oxygen atoms in total. The lowest BCUT2D eigenvalue weighted by atomic mass is 10.2. The summed E-state index contributed by atoms with van der Waals surface area (Å²) in [6.07, 6.45) is 1.42. The van der Waals surface area contributed by atoms with Crippen LogP contribution in [0.2, 0.25) is 0 Å². The number of rotatable bonds is 4. The topological polar surface area (TPSA) is 52.3 Å². The van der Waals surface area contributed by atoms with Crippen molar-refractivity contribution in [1.82, 2.24) is 4.98 Å². The van der Waals surface area contributed by atoms with Gasteiger partial charge in [0, 0.05) is 0 Å². The van der Waals surface area contributed by atoms with Crippen molar-refractivity contribution in [1.29, 1.82) is 0 Å². The summed E-state index contributed by atoms with van der Waals surface area (Å²) in [5.41, 5.74) is 0.377. The van der Waals surface area contributed by atoms with E-state index in [0.29, 0.717) is 11.6 Å². The molecule has 0 saturated heterocycles. The maximum atomic E-state index is 13.4. The second kappa shape index (κ2) is 5.88. The molecule has 21 heavy (non-hydrogen) atoms. The SMILES string of the molecule is O=C(OCc1coc(-c2cccs2)n1)c1ccccc1F. The van der Waals surface area contributed by atoms with E-state index in [1.807, 2.05) is 17.5 Å². The van der Waals surface area contributed by atoms with Crippen LogP contribution in [0.5, 0.6) is 0 Å². The van der Waals surface area contributed by atoms with Crippen molar-refractivity contribution in [3.8, 4) is 10.8 Å². The number of aromatic nitrogens is 1. The van der Waals surface area contributed by atoms with Crippen molar-refractivity contribution in [2.45, 2.75) is 6.61 Å². The van der Waals surface area contributed by atoms with Gasteiger partial charge in [-0.3, -0.25) is 0 Å². The third-order valence-electron chi connectivity index (χ3n) is 2.73. The molecule has 2 aromatic heterocycles. The molecule has 0 amide bonds. The number of thiophene rings is 1. The molecule has 0 radical (unpaired) electrons. The minimum atomic E-state index is -0.728. The summed E-state index contributed by atoms with van der Waals surface area (Å²) < 4.78 is 23.8. The highest BCUT2D eigenvalue weighted by Gasteiger charge is 2.14. The Labute approximate surface area is 123 Å². The van der Waals surface area contributed by atoms with E-state index in [-0.39, 0.29) is 12.2 Å². The minimum Gasteiger partial charge on any atom is -0.455 e. The predicted octanol–water partition coefficient (Wildman–Crippen LogP) is 3.90. The Balaban J connectivity index is 1.66. The van der Waals surface area contributed by atoms with Gasteiger partial charge < -0.3 is 9.15 Å². The fourth-order valence-electron chi connectivity index (χ4n) is 1.73. The van der Waals surface area contributed by atoms with E-state index < -0.39 is 11.8 Å². The molecule has 0 unspecified atom stereocenters. The van der Waals surface area contributed by atoms with E-state index in [1.54, 1.807) is 6.07 Å². The summed E-state index contributed by atoms with van der Waals surface area (Å²) in [5.74, 6) is -0.863. The predicted molar refractivity (Wildman–Crippen MR) is 75.3 cm³/mol. The quantitative estimate of drug-likeness (QED) is 0.686. The lowest BCUT2D eigenvalue weighted by molar-refractivity contribution is 0.0462. The molecule has 2 heterocycles. The summed E-state index contributed by atoms with van der Waals surface area (Å²) in [6.45, 7) is -0.0674.